The summed E-state index contributed by atoms with van der Waals surface area (Å²) < 4.78 is 5.03. The Kier molecular flexibility index (Phi) is 5.08. The second-order valence-electron chi connectivity index (χ2n) is 4.73. The Morgan fingerprint density at radius 2 is 2.20 bits per heavy atom. The van der Waals surface area contributed by atoms with Crippen molar-refractivity contribution in [3.8, 4) is 0 Å². The van der Waals surface area contributed by atoms with E-state index in [4.69, 9.17) is 9.84 Å². The van der Waals surface area contributed by atoms with E-state index in [1.54, 1.807) is 5.38 Å². The van der Waals surface area contributed by atoms with E-state index in [2.05, 4.69) is 9.88 Å². The molecule has 0 atom stereocenters. The number of piperidine rings is 1. The van der Waals surface area contributed by atoms with E-state index < -0.39 is 5.97 Å². The first-order valence-electron chi connectivity index (χ1n) is 6.66. The zero-order valence-electron chi connectivity index (χ0n) is 11.4. The highest BCUT2D eigenvalue weighted by molar-refractivity contribution is 7.09. The van der Waals surface area contributed by atoms with Crippen LogP contribution in [0.3, 0.4) is 0 Å². The summed E-state index contributed by atoms with van der Waals surface area (Å²) >= 11 is 1.36. The molecular formula is C13H18N2O4S. The molecule has 0 amide bonds. The van der Waals surface area contributed by atoms with E-state index in [-0.39, 0.29) is 17.6 Å². The molecule has 6 nitrogen and oxygen atoms in total. The van der Waals surface area contributed by atoms with Crippen LogP contribution in [0.5, 0.6) is 0 Å². The van der Waals surface area contributed by atoms with Gasteiger partial charge in [0.15, 0.2) is 5.69 Å². The van der Waals surface area contributed by atoms with Gasteiger partial charge in [-0.15, -0.1) is 11.3 Å². The minimum Gasteiger partial charge on any atom is -0.476 e. The normalized spacial score (nSPS) is 17.1. The van der Waals surface area contributed by atoms with Crippen LogP contribution in [0.25, 0.3) is 0 Å². The molecule has 0 aromatic carbocycles. The summed E-state index contributed by atoms with van der Waals surface area (Å²) in [5.74, 6) is -1.10. The second-order valence-corrected chi connectivity index (χ2v) is 5.68. The number of thiazole rings is 1. The van der Waals surface area contributed by atoms with Crippen molar-refractivity contribution in [3.05, 3.63) is 16.1 Å². The lowest BCUT2D eigenvalue weighted by molar-refractivity contribution is -0.149. The molecule has 7 heteroatoms. The number of rotatable bonds is 5. The van der Waals surface area contributed by atoms with E-state index >= 15 is 0 Å². The standard InChI is InChI=1S/C13H18N2O4S/c1-2-19-13(18)9-3-5-15(6-4-9)7-11-14-10(8-20-11)12(16)17/h8-9H,2-7H2,1H3,(H,16,17). The number of hydrogen-bond acceptors (Lipinski definition) is 6. The summed E-state index contributed by atoms with van der Waals surface area (Å²) in [6.07, 6.45) is 1.58. The largest absolute Gasteiger partial charge is 0.476 e. The van der Waals surface area contributed by atoms with Gasteiger partial charge in [0, 0.05) is 5.38 Å². The monoisotopic (exact) mass is 298 g/mol. The first kappa shape index (κ1) is 14.9. The van der Waals surface area contributed by atoms with E-state index in [9.17, 15) is 9.59 Å². The molecule has 1 fully saturated rings. The molecule has 20 heavy (non-hydrogen) atoms. The van der Waals surface area contributed by atoms with Crippen LogP contribution in [0.2, 0.25) is 0 Å². The topological polar surface area (TPSA) is 79.7 Å². The number of carboxylic acids is 1. The van der Waals surface area contributed by atoms with Gasteiger partial charge < -0.3 is 9.84 Å². The number of nitrogens with zero attached hydrogens (tertiary/aromatic N) is 2. The third-order valence-corrected chi connectivity index (χ3v) is 4.17. The fourth-order valence-corrected chi connectivity index (χ4v) is 3.07. The minimum absolute atomic E-state index is 0.00271. The minimum atomic E-state index is -0.992. The van der Waals surface area contributed by atoms with Crippen molar-refractivity contribution in [1.82, 2.24) is 9.88 Å². The summed E-state index contributed by atoms with van der Waals surface area (Å²) in [6.45, 7) is 4.51. The van der Waals surface area contributed by atoms with Crippen LogP contribution in [0, 0.1) is 5.92 Å². The van der Waals surface area contributed by atoms with Crippen molar-refractivity contribution < 1.29 is 19.4 Å². The van der Waals surface area contributed by atoms with E-state index in [0.29, 0.717) is 13.2 Å². The number of aromatic carboxylic acids is 1. The van der Waals surface area contributed by atoms with Crippen molar-refractivity contribution in [2.24, 2.45) is 5.92 Å². The molecule has 0 radical (unpaired) electrons. The molecule has 1 aromatic heterocycles. The Bertz CT molecular complexity index is 480. The average molecular weight is 298 g/mol. The number of aromatic nitrogens is 1. The first-order chi connectivity index (χ1) is 9.60. The highest BCUT2D eigenvalue weighted by Gasteiger charge is 2.26. The second kappa shape index (κ2) is 6.81. The summed E-state index contributed by atoms with van der Waals surface area (Å²) in [7, 11) is 0. The third kappa shape index (κ3) is 3.77. The molecule has 1 aliphatic rings. The molecule has 110 valence electrons. The maximum absolute atomic E-state index is 11.6. The van der Waals surface area contributed by atoms with Gasteiger partial charge in [-0.05, 0) is 32.9 Å². The molecule has 0 saturated carbocycles. The maximum Gasteiger partial charge on any atom is 0.355 e. The van der Waals surface area contributed by atoms with Crippen molar-refractivity contribution in [2.45, 2.75) is 26.3 Å². The lowest BCUT2D eigenvalue weighted by Crippen LogP contribution is -2.36. The summed E-state index contributed by atoms with van der Waals surface area (Å²) in [6, 6.07) is 0. The van der Waals surface area contributed by atoms with Crippen LogP contribution < -0.4 is 0 Å². The first-order valence-corrected chi connectivity index (χ1v) is 7.54. The fraction of sp³-hybridized carbons (Fsp3) is 0.615. The van der Waals surface area contributed by atoms with Gasteiger partial charge in [-0.25, -0.2) is 9.78 Å². The molecular weight excluding hydrogens is 280 g/mol. The van der Waals surface area contributed by atoms with Crippen LogP contribution in [-0.4, -0.2) is 46.6 Å². The lowest BCUT2D eigenvalue weighted by Gasteiger charge is -2.30. The van der Waals surface area contributed by atoms with Crippen molar-refractivity contribution in [2.75, 3.05) is 19.7 Å². The van der Waals surface area contributed by atoms with Gasteiger partial charge in [-0.1, -0.05) is 0 Å². The number of carbonyl (C=O) groups is 2. The molecule has 2 heterocycles. The molecule has 0 spiro atoms. The Balaban J connectivity index is 1.82. The molecule has 1 N–H and O–H groups in total. The predicted octanol–water partition coefficient (Wildman–Crippen LogP) is 1.62. The molecule has 1 aliphatic heterocycles. The van der Waals surface area contributed by atoms with Gasteiger partial charge in [-0.2, -0.15) is 0 Å². The Morgan fingerprint density at radius 1 is 1.50 bits per heavy atom. The zero-order chi connectivity index (χ0) is 14.5. The highest BCUT2D eigenvalue weighted by atomic mass is 32.1. The molecule has 0 unspecified atom stereocenters. The van der Waals surface area contributed by atoms with Crippen LogP contribution in [-0.2, 0) is 16.1 Å². The molecule has 0 bridgehead atoms. The third-order valence-electron chi connectivity index (χ3n) is 3.34. The van der Waals surface area contributed by atoms with Gasteiger partial charge in [0.05, 0.1) is 19.1 Å². The maximum atomic E-state index is 11.6. The van der Waals surface area contributed by atoms with Crippen molar-refractivity contribution >= 4 is 23.3 Å². The van der Waals surface area contributed by atoms with Crippen LogP contribution >= 0.6 is 11.3 Å². The Morgan fingerprint density at radius 3 is 2.75 bits per heavy atom. The Labute approximate surface area is 121 Å². The quantitative estimate of drug-likeness (QED) is 0.832. The number of esters is 1. The number of likely N-dealkylation sites (tertiary alicyclic amines) is 1. The van der Waals surface area contributed by atoms with Gasteiger partial charge in [0.2, 0.25) is 0 Å². The van der Waals surface area contributed by atoms with E-state index in [1.165, 1.54) is 11.3 Å². The number of ether oxygens (including phenoxy) is 1. The molecule has 1 aromatic rings. The predicted molar refractivity (Wildman–Crippen MR) is 73.7 cm³/mol. The smallest absolute Gasteiger partial charge is 0.355 e. The van der Waals surface area contributed by atoms with Gasteiger partial charge >= 0.3 is 11.9 Å². The van der Waals surface area contributed by atoms with Crippen LogP contribution in [0.4, 0.5) is 0 Å². The molecule has 2 rings (SSSR count). The van der Waals surface area contributed by atoms with Gasteiger partial charge in [-0.3, -0.25) is 9.69 Å². The van der Waals surface area contributed by atoms with Crippen molar-refractivity contribution in [3.63, 3.8) is 0 Å². The van der Waals surface area contributed by atoms with Crippen LogP contribution in [0.15, 0.2) is 5.38 Å². The average Bonchev–Trinajstić information content (AvgIpc) is 2.88. The summed E-state index contributed by atoms with van der Waals surface area (Å²) in [4.78, 5) is 28.7. The SMILES string of the molecule is CCOC(=O)C1CCN(Cc2nc(C(=O)O)cs2)CC1. The number of carboxylic acid groups (broad SMARTS) is 1. The molecule has 0 aliphatic carbocycles. The van der Waals surface area contributed by atoms with Gasteiger partial charge in [0.1, 0.15) is 5.01 Å². The molecule has 1 saturated heterocycles. The summed E-state index contributed by atoms with van der Waals surface area (Å²) in [5.41, 5.74) is 0.103. The van der Waals surface area contributed by atoms with Crippen molar-refractivity contribution in [1.29, 1.82) is 0 Å². The van der Waals surface area contributed by atoms with E-state index in [0.717, 1.165) is 30.9 Å². The summed E-state index contributed by atoms with van der Waals surface area (Å²) in [5, 5.41) is 11.2. The van der Waals surface area contributed by atoms with Gasteiger partial charge in [0.25, 0.3) is 0 Å². The van der Waals surface area contributed by atoms with Crippen LogP contribution in [0.1, 0.15) is 35.3 Å². The number of carbonyl (C=O) groups excluding carboxylic acids is 1. The number of hydrogen-bond donors (Lipinski definition) is 1. The van der Waals surface area contributed by atoms with E-state index in [1.807, 2.05) is 6.92 Å². The zero-order valence-corrected chi connectivity index (χ0v) is 12.2. The fourth-order valence-electron chi connectivity index (χ4n) is 2.26. The highest BCUT2D eigenvalue weighted by Crippen LogP contribution is 2.21. The Hall–Kier alpha value is -1.47. The lowest BCUT2D eigenvalue weighted by atomic mass is 9.97.